The van der Waals surface area contributed by atoms with Crippen LogP contribution in [0.4, 0.5) is 0 Å². The molecule has 0 atom stereocenters. The average Bonchev–Trinajstić information content (AvgIpc) is 2.92. The summed E-state index contributed by atoms with van der Waals surface area (Å²) in [6.45, 7) is 1.86. The van der Waals surface area contributed by atoms with E-state index in [-0.39, 0.29) is 5.25 Å². The van der Waals surface area contributed by atoms with Crippen molar-refractivity contribution in [2.75, 3.05) is 0 Å². The van der Waals surface area contributed by atoms with E-state index in [1.54, 1.807) is 18.2 Å². The van der Waals surface area contributed by atoms with Crippen LogP contribution in [0.1, 0.15) is 18.4 Å². The number of halogens is 1. The van der Waals surface area contributed by atoms with Crippen LogP contribution >= 0.6 is 11.6 Å². The highest BCUT2D eigenvalue weighted by atomic mass is 35.5. The van der Waals surface area contributed by atoms with Crippen LogP contribution in [0.15, 0.2) is 23.1 Å². The number of hydrogen-bond acceptors (Lipinski definition) is 2. The summed E-state index contributed by atoms with van der Waals surface area (Å²) in [5.41, 5.74) is 0.904. The molecule has 1 aliphatic rings. The zero-order chi connectivity index (χ0) is 10.3. The van der Waals surface area contributed by atoms with E-state index in [0.717, 1.165) is 18.4 Å². The quantitative estimate of drug-likeness (QED) is 0.783. The monoisotopic (exact) mass is 230 g/mol. The van der Waals surface area contributed by atoms with Crippen molar-refractivity contribution in [3.05, 3.63) is 28.8 Å². The largest absolute Gasteiger partial charge is 0.223 e. The van der Waals surface area contributed by atoms with E-state index < -0.39 is 9.84 Å². The second-order valence-corrected chi connectivity index (χ2v) is 6.29. The van der Waals surface area contributed by atoms with E-state index in [2.05, 4.69) is 0 Å². The molecule has 0 saturated heterocycles. The van der Waals surface area contributed by atoms with E-state index in [1.165, 1.54) is 0 Å². The van der Waals surface area contributed by atoms with Crippen molar-refractivity contribution >= 4 is 21.4 Å². The Morgan fingerprint density at radius 1 is 1.36 bits per heavy atom. The first kappa shape index (κ1) is 9.99. The van der Waals surface area contributed by atoms with Gasteiger partial charge >= 0.3 is 0 Å². The van der Waals surface area contributed by atoms with Crippen molar-refractivity contribution in [2.24, 2.45) is 0 Å². The van der Waals surface area contributed by atoms with Crippen LogP contribution in [0.3, 0.4) is 0 Å². The summed E-state index contributed by atoms with van der Waals surface area (Å²) in [5, 5.41) is 0.355. The highest BCUT2D eigenvalue weighted by Gasteiger charge is 2.36. The summed E-state index contributed by atoms with van der Waals surface area (Å²) in [5.74, 6) is 0. The average molecular weight is 231 g/mol. The molecule has 1 aromatic carbocycles. The van der Waals surface area contributed by atoms with Gasteiger partial charge in [-0.2, -0.15) is 0 Å². The van der Waals surface area contributed by atoms with Crippen LogP contribution in [0, 0.1) is 6.92 Å². The van der Waals surface area contributed by atoms with Gasteiger partial charge in [-0.25, -0.2) is 8.42 Å². The van der Waals surface area contributed by atoms with Gasteiger partial charge in [0.25, 0.3) is 0 Å². The molecule has 1 fully saturated rings. The lowest BCUT2D eigenvalue weighted by Gasteiger charge is -2.04. The Labute approximate surface area is 88.8 Å². The van der Waals surface area contributed by atoms with Gasteiger partial charge in [-0.1, -0.05) is 17.7 Å². The fourth-order valence-electron chi connectivity index (χ4n) is 1.32. The summed E-state index contributed by atoms with van der Waals surface area (Å²) >= 11 is 5.88. The van der Waals surface area contributed by atoms with Gasteiger partial charge in [0.05, 0.1) is 10.1 Å². The van der Waals surface area contributed by atoms with Gasteiger partial charge < -0.3 is 0 Å². The Hall–Kier alpha value is -0.540. The van der Waals surface area contributed by atoms with Crippen LogP contribution in [-0.4, -0.2) is 13.7 Å². The lowest BCUT2D eigenvalue weighted by atomic mass is 10.2. The fourth-order valence-corrected chi connectivity index (χ4v) is 3.25. The molecule has 1 aromatic rings. The van der Waals surface area contributed by atoms with Crippen molar-refractivity contribution < 1.29 is 8.42 Å². The molecule has 0 unspecified atom stereocenters. The molecular formula is C10H11ClO2S. The Kier molecular flexibility index (Phi) is 2.32. The number of benzene rings is 1. The zero-order valence-electron chi connectivity index (χ0n) is 7.83. The second kappa shape index (κ2) is 3.24. The minimum atomic E-state index is -3.09. The molecule has 1 saturated carbocycles. The summed E-state index contributed by atoms with van der Waals surface area (Å²) in [6.07, 6.45) is 1.57. The third kappa shape index (κ3) is 1.66. The molecule has 0 radical (unpaired) electrons. The number of rotatable bonds is 2. The number of sulfone groups is 1. The Morgan fingerprint density at radius 2 is 2.00 bits per heavy atom. The maximum absolute atomic E-state index is 11.8. The van der Waals surface area contributed by atoms with Crippen LogP contribution in [0.5, 0.6) is 0 Å². The molecule has 0 spiro atoms. The number of aryl methyl sites for hydroxylation is 1. The molecule has 76 valence electrons. The molecule has 0 bridgehead atoms. The molecular weight excluding hydrogens is 220 g/mol. The zero-order valence-corrected chi connectivity index (χ0v) is 9.40. The van der Waals surface area contributed by atoms with Gasteiger partial charge in [0.2, 0.25) is 0 Å². The molecule has 4 heteroatoms. The molecule has 1 aliphatic carbocycles. The normalized spacial score (nSPS) is 17.0. The first-order valence-electron chi connectivity index (χ1n) is 4.52. The summed E-state index contributed by atoms with van der Waals surface area (Å²) in [4.78, 5) is 0.357. The maximum Gasteiger partial charge on any atom is 0.181 e. The Morgan fingerprint density at radius 3 is 2.50 bits per heavy atom. The maximum atomic E-state index is 11.8. The van der Waals surface area contributed by atoms with Crippen molar-refractivity contribution in [3.63, 3.8) is 0 Å². The minimum Gasteiger partial charge on any atom is -0.223 e. The van der Waals surface area contributed by atoms with Gasteiger partial charge in [-0.3, -0.25) is 0 Å². The molecule has 0 aliphatic heterocycles. The minimum absolute atomic E-state index is 0.165. The molecule has 0 heterocycles. The van der Waals surface area contributed by atoms with E-state index >= 15 is 0 Å². The third-order valence-electron chi connectivity index (χ3n) is 2.44. The van der Waals surface area contributed by atoms with Crippen LogP contribution < -0.4 is 0 Å². The van der Waals surface area contributed by atoms with Crippen molar-refractivity contribution in [2.45, 2.75) is 29.9 Å². The highest BCUT2D eigenvalue weighted by molar-refractivity contribution is 7.92. The Bertz CT molecular complexity index is 461. The first-order valence-corrected chi connectivity index (χ1v) is 6.44. The smallest absolute Gasteiger partial charge is 0.181 e. The van der Waals surface area contributed by atoms with E-state index in [4.69, 9.17) is 11.6 Å². The van der Waals surface area contributed by atoms with E-state index in [0.29, 0.717) is 9.92 Å². The standard InChI is InChI=1S/C10H11ClO2S/c1-7-2-3-9(6-10(7)11)14(12,13)8-4-5-8/h2-3,6,8H,4-5H2,1H3. The predicted molar refractivity (Wildman–Crippen MR) is 56.4 cm³/mol. The SMILES string of the molecule is Cc1ccc(S(=O)(=O)C2CC2)cc1Cl. The fraction of sp³-hybridized carbons (Fsp3) is 0.400. The van der Waals surface area contributed by atoms with Crippen LogP contribution in [0.2, 0.25) is 5.02 Å². The lowest BCUT2D eigenvalue weighted by Crippen LogP contribution is -2.06. The first-order chi connectivity index (χ1) is 6.51. The summed E-state index contributed by atoms with van der Waals surface area (Å²) in [6, 6.07) is 4.93. The second-order valence-electron chi connectivity index (χ2n) is 3.66. The lowest BCUT2D eigenvalue weighted by molar-refractivity contribution is 0.595. The summed E-state index contributed by atoms with van der Waals surface area (Å²) in [7, 11) is -3.09. The molecule has 0 amide bonds. The van der Waals surface area contributed by atoms with Crippen molar-refractivity contribution in [1.29, 1.82) is 0 Å². The summed E-state index contributed by atoms with van der Waals surface area (Å²) < 4.78 is 23.6. The van der Waals surface area contributed by atoms with Gasteiger partial charge in [-0.05, 0) is 37.5 Å². The molecule has 14 heavy (non-hydrogen) atoms. The van der Waals surface area contributed by atoms with Gasteiger partial charge in [0.15, 0.2) is 9.84 Å². The highest BCUT2D eigenvalue weighted by Crippen LogP contribution is 2.34. The van der Waals surface area contributed by atoms with Gasteiger partial charge in [0, 0.05) is 5.02 Å². The topological polar surface area (TPSA) is 34.1 Å². The molecule has 0 N–H and O–H groups in total. The molecule has 2 rings (SSSR count). The third-order valence-corrected chi connectivity index (χ3v) is 5.10. The van der Waals surface area contributed by atoms with Gasteiger partial charge in [-0.15, -0.1) is 0 Å². The molecule has 2 nitrogen and oxygen atoms in total. The van der Waals surface area contributed by atoms with E-state index in [1.807, 2.05) is 6.92 Å². The van der Waals surface area contributed by atoms with Crippen molar-refractivity contribution in [1.82, 2.24) is 0 Å². The number of hydrogen-bond donors (Lipinski definition) is 0. The van der Waals surface area contributed by atoms with Crippen LogP contribution in [-0.2, 0) is 9.84 Å². The van der Waals surface area contributed by atoms with E-state index in [9.17, 15) is 8.42 Å². The molecule has 0 aromatic heterocycles. The Balaban J connectivity index is 2.46. The van der Waals surface area contributed by atoms with Crippen LogP contribution in [0.25, 0.3) is 0 Å². The van der Waals surface area contributed by atoms with Crippen molar-refractivity contribution in [3.8, 4) is 0 Å². The predicted octanol–water partition coefficient (Wildman–Crippen LogP) is 2.58. The van der Waals surface area contributed by atoms with Gasteiger partial charge in [0.1, 0.15) is 0 Å².